The van der Waals surface area contributed by atoms with Crippen LogP contribution in [0.5, 0.6) is 5.75 Å². The van der Waals surface area contributed by atoms with E-state index >= 15 is 0 Å². The fourth-order valence-electron chi connectivity index (χ4n) is 3.78. The molecule has 32 heavy (non-hydrogen) atoms. The first-order valence-electron chi connectivity index (χ1n) is 10.4. The van der Waals surface area contributed by atoms with E-state index in [0.29, 0.717) is 0 Å². The van der Waals surface area contributed by atoms with Gasteiger partial charge in [-0.15, -0.1) is 0 Å². The minimum absolute atomic E-state index is 0. The molecule has 2 aromatic rings. The van der Waals surface area contributed by atoms with Crippen LogP contribution in [0.15, 0.2) is 60.7 Å². The number of amides is 1. The van der Waals surface area contributed by atoms with Crippen molar-refractivity contribution in [2.75, 3.05) is 12.0 Å². The van der Waals surface area contributed by atoms with Gasteiger partial charge in [0.1, 0.15) is 5.75 Å². The molecule has 0 bridgehead atoms. The zero-order chi connectivity index (χ0) is 21.5. The van der Waals surface area contributed by atoms with Gasteiger partial charge < -0.3 is 9.64 Å². The quantitative estimate of drug-likeness (QED) is 0.453. The van der Waals surface area contributed by atoms with Crippen molar-refractivity contribution in [3.05, 3.63) is 130 Å². The number of carbonyl (C=O) groups excluding carboxylic acids is 1. The van der Waals surface area contributed by atoms with Gasteiger partial charge in [0, 0.05) is 22.8 Å². The summed E-state index contributed by atoms with van der Waals surface area (Å²) in [6, 6.07) is 17.8. The number of methoxy groups -OCH3 is 1. The molecule has 1 heterocycles. The second-order valence-electron chi connectivity index (χ2n) is 7.32. The maximum atomic E-state index is 12.9. The van der Waals surface area contributed by atoms with Crippen LogP contribution in [-0.4, -0.2) is 19.1 Å². The monoisotopic (exact) mass is 463 g/mol. The normalized spacial score (nSPS) is 22.8. The Balaban J connectivity index is 0.000000427. The minimum Gasteiger partial charge on any atom is -0.497 e. The van der Waals surface area contributed by atoms with Crippen molar-refractivity contribution in [1.29, 1.82) is 0 Å². The minimum atomic E-state index is -0.132. The molecule has 0 aromatic heterocycles. The number of hydrogen-bond donors (Lipinski definition) is 0. The van der Waals surface area contributed by atoms with Crippen molar-refractivity contribution in [1.82, 2.24) is 0 Å². The fraction of sp³-hybridized carbons (Fsp3) is 0.107. The Labute approximate surface area is 203 Å². The first-order valence-corrected chi connectivity index (χ1v) is 10.4. The van der Waals surface area contributed by atoms with Gasteiger partial charge in [0.15, 0.2) is 0 Å². The molecule has 5 rings (SSSR count). The fourth-order valence-corrected chi connectivity index (χ4v) is 3.78. The van der Waals surface area contributed by atoms with Crippen LogP contribution in [0.2, 0.25) is 0 Å². The molecule has 2 saturated carbocycles. The van der Waals surface area contributed by atoms with E-state index in [1.165, 1.54) is 0 Å². The summed E-state index contributed by atoms with van der Waals surface area (Å²) in [6.07, 6.45) is 22.2. The van der Waals surface area contributed by atoms with Crippen LogP contribution in [0.25, 0.3) is 6.08 Å². The van der Waals surface area contributed by atoms with Gasteiger partial charge in [-0.2, -0.15) is 0 Å². The second kappa shape index (κ2) is 12.3. The SMILES string of the molecule is COc1ccc(N2C(=O)[C@H]([C]3[CH][CH][CH][CH]3)[C@@H]2/C=C/c2ccccc2)cc1.[CH]1[CH][CH][CH][CH]1.[Fe]. The summed E-state index contributed by atoms with van der Waals surface area (Å²) in [5.41, 5.74) is 2.02. The summed E-state index contributed by atoms with van der Waals surface area (Å²) in [7, 11) is 1.64. The first-order chi connectivity index (χ1) is 15.3. The van der Waals surface area contributed by atoms with Gasteiger partial charge in [0.05, 0.1) is 19.1 Å². The van der Waals surface area contributed by atoms with Crippen LogP contribution < -0.4 is 9.64 Å². The third-order valence-electron chi connectivity index (χ3n) is 5.38. The van der Waals surface area contributed by atoms with Gasteiger partial charge >= 0.3 is 0 Å². The Morgan fingerprint density at radius 2 is 1.41 bits per heavy atom. The number of ether oxygens (including phenoxy) is 1. The van der Waals surface area contributed by atoms with E-state index in [9.17, 15) is 4.79 Å². The molecular formula is C28H25FeNO2. The van der Waals surface area contributed by atoms with Crippen LogP contribution in [0.3, 0.4) is 0 Å². The zero-order valence-corrected chi connectivity index (χ0v) is 18.9. The smallest absolute Gasteiger partial charge is 0.233 e. The molecular weight excluding hydrogens is 438 g/mol. The van der Waals surface area contributed by atoms with Gasteiger partial charge in [-0.1, -0.05) is 42.5 Å². The summed E-state index contributed by atoms with van der Waals surface area (Å²) < 4.78 is 5.22. The van der Waals surface area contributed by atoms with Crippen molar-refractivity contribution in [2.24, 2.45) is 5.92 Å². The van der Waals surface area contributed by atoms with Crippen LogP contribution in [-0.2, 0) is 21.9 Å². The topological polar surface area (TPSA) is 29.5 Å². The molecule has 3 nitrogen and oxygen atoms in total. The Kier molecular flexibility index (Phi) is 9.44. The maximum absolute atomic E-state index is 12.9. The van der Waals surface area contributed by atoms with E-state index in [-0.39, 0.29) is 34.9 Å². The average Bonchev–Trinajstić information content (AvgIpc) is 3.55. The summed E-state index contributed by atoms with van der Waals surface area (Å²) in [4.78, 5) is 14.8. The Morgan fingerprint density at radius 3 is 1.97 bits per heavy atom. The third kappa shape index (κ3) is 5.85. The van der Waals surface area contributed by atoms with Crippen molar-refractivity contribution in [3.8, 4) is 5.75 Å². The van der Waals surface area contributed by atoms with Crippen LogP contribution in [0.1, 0.15) is 5.56 Å². The molecule has 1 aliphatic heterocycles. The van der Waals surface area contributed by atoms with E-state index in [1.54, 1.807) is 7.11 Å². The molecule has 0 spiro atoms. The molecule has 0 N–H and O–H groups in total. The predicted molar refractivity (Wildman–Crippen MR) is 125 cm³/mol. The summed E-state index contributed by atoms with van der Waals surface area (Å²) >= 11 is 0. The molecule has 2 aromatic carbocycles. The van der Waals surface area contributed by atoms with Gasteiger partial charge in [0.25, 0.3) is 0 Å². The van der Waals surface area contributed by atoms with Gasteiger partial charge in [-0.3, -0.25) is 4.79 Å². The van der Waals surface area contributed by atoms with Crippen LogP contribution in [0.4, 0.5) is 5.69 Å². The van der Waals surface area contributed by atoms with Crippen LogP contribution in [0, 0.1) is 69.6 Å². The first kappa shape index (κ1) is 24.6. The van der Waals surface area contributed by atoms with E-state index in [0.717, 1.165) is 22.9 Å². The number of anilines is 1. The van der Waals surface area contributed by atoms with Crippen molar-refractivity contribution < 1.29 is 26.6 Å². The van der Waals surface area contributed by atoms with Gasteiger partial charge in [-0.25, -0.2) is 0 Å². The number of nitrogens with zero attached hydrogens (tertiary/aromatic N) is 1. The average molecular weight is 463 g/mol. The third-order valence-corrected chi connectivity index (χ3v) is 5.38. The summed E-state index contributed by atoms with van der Waals surface area (Å²) in [6.45, 7) is 0. The molecule has 4 heteroatoms. The Bertz CT molecular complexity index is 847. The number of β-lactam (4-membered cyclic amide) rings is 1. The molecule has 2 atom stereocenters. The summed E-state index contributed by atoms with van der Waals surface area (Å²) in [5.74, 6) is 1.85. The zero-order valence-electron chi connectivity index (χ0n) is 17.8. The molecule has 1 saturated heterocycles. The Morgan fingerprint density at radius 1 is 0.812 bits per heavy atom. The standard InChI is InChI=1S/C23H20NO2.C5H5.Fe/c1-26-20-14-12-19(13-15-20)24-21(16-11-17-7-3-2-4-8-17)22(23(24)25)18-9-5-6-10-18;1-2-4-5-3-1;/h2-16,21-22H,1H3;1-5H;/b16-11+;;/t21-,22+;;/m0../s1. The van der Waals surface area contributed by atoms with Gasteiger partial charge in [-0.05, 0) is 93.5 Å². The van der Waals surface area contributed by atoms with E-state index in [4.69, 9.17) is 4.74 Å². The molecule has 162 valence electrons. The molecule has 3 aliphatic rings. The van der Waals surface area contributed by atoms with Crippen molar-refractivity contribution in [3.63, 3.8) is 0 Å². The largest absolute Gasteiger partial charge is 0.497 e. The number of hydrogen-bond acceptors (Lipinski definition) is 2. The second-order valence-corrected chi connectivity index (χ2v) is 7.32. The molecule has 0 unspecified atom stereocenters. The van der Waals surface area contributed by atoms with E-state index in [2.05, 4.69) is 24.3 Å². The molecule has 2 aliphatic carbocycles. The Hall–Kier alpha value is -2.03. The van der Waals surface area contributed by atoms with Crippen molar-refractivity contribution >= 4 is 17.7 Å². The predicted octanol–water partition coefficient (Wildman–Crippen LogP) is 5.16. The van der Waals surface area contributed by atoms with Gasteiger partial charge in [0.2, 0.25) is 5.91 Å². The number of benzene rings is 2. The molecule has 3 fully saturated rings. The van der Waals surface area contributed by atoms with Crippen molar-refractivity contribution in [2.45, 2.75) is 6.04 Å². The van der Waals surface area contributed by atoms with E-state index in [1.807, 2.05) is 105 Å². The van der Waals surface area contributed by atoms with E-state index < -0.39 is 0 Å². The molecule has 10 radical (unpaired) electrons. The number of carbonyl (C=O) groups is 1. The molecule has 1 amide bonds. The summed E-state index contributed by atoms with van der Waals surface area (Å²) in [5, 5.41) is 0. The number of rotatable bonds is 5. The van der Waals surface area contributed by atoms with Crippen LogP contribution >= 0.6 is 0 Å². The maximum Gasteiger partial charge on any atom is 0.233 e.